The van der Waals surface area contributed by atoms with Gasteiger partial charge in [0.05, 0.1) is 35.3 Å². The first kappa shape index (κ1) is 15.1. The number of benzene rings is 2. The van der Waals surface area contributed by atoms with Crippen LogP contribution >= 0.6 is 0 Å². The number of hydrogen-bond acceptors (Lipinski definition) is 4. The van der Waals surface area contributed by atoms with Gasteiger partial charge in [0, 0.05) is 5.56 Å². The lowest BCUT2D eigenvalue weighted by Crippen LogP contribution is -2.26. The molecule has 1 atom stereocenters. The second-order valence-corrected chi connectivity index (χ2v) is 5.75. The zero-order chi connectivity index (χ0) is 17.2. The molecule has 1 amide bonds. The molecule has 0 aliphatic rings. The van der Waals surface area contributed by atoms with Crippen LogP contribution in [0.15, 0.2) is 61.1 Å². The highest BCUT2D eigenvalue weighted by Gasteiger charge is 2.15. The number of hydrogen-bond donors (Lipinski definition) is 2. The molecule has 0 aliphatic heterocycles. The maximum atomic E-state index is 12.5. The van der Waals surface area contributed by atoms with Crippen LogP contribution in [0.25, 0.3) is 16.7 Å². The van der Waals surface area contributed by atoms with E-state index >= 15 is 0 Å². The summed E-state index contributed by atoms with van der Waals surface area (Å²) in [5.74, 6) is -0.168. The van der Waals surface area contributed by atoms with E-state index < -0.39 is 0 Å². The van der Waals surface area contributed by atoms with E-state index in [4.69, 9.17) is 0 Å². The van der Waals surface area contributed by atoms with Crippen LogP contribution < -0.4 is 5.32 Å². The molecule has 0 fully saturated rings. The number of carbonyl (C=O) groups is 1. The third-order valence-electron chi connectivity index (χ3n) is 4.01. The first-order valence-corrected chi connectivity index (χ1v) is 7.92. The molecular formula is C18H16N6O. The summed E-state index contributed by atoms with van der Waals surface area (Å²) in [6.07, 6.45) is 3.43. The molecule has 2 N–H and O–H groups in total. The van der Waals surface area contributed by atoms with E-state index in [2.05, 4.69) is 25.6 Å². The van der Waals surface area contributed by atoms with E-state index in [0.717, 1.165) is 16.7 Å². The van der Waals surface area contributed by atoms with E-state index in [1.165, 1.54) is 0 Å². The number of carbonyl (C=O) groups excluding carboxylic acids is 1. The Bertz CT molecular complexity index is 1020. The Labute approximate surface area is 143 Å². The molecule has 0 bridgehead atoms. The predicted molar refractivity (Wildman–Crippen MR) is 93.3 cm³/mol. The SMILES string of the molecule is C[C@H](NC(=O)c1ccc2nc[nH]c2c1)c1cn(-c2ccccc2)nn1. The number of H-pyrrole nitrogens is 1. The van der Waals surface area contributed by atoms with Crippen molar-refractivity contribution in [3.63, 3.8) is 0 Å². The van der Waals surface area contributed by atoms with Gasteiger partial charge in [-0.1, -0.05) is 23.4 Å². The zero-order valence-electron chi connectivity index (χ0n) is 13.5. The van der Waals surface area contributed by atoms with Crippen molar-refractivity contribution in [1.82, 2.24) is 30.3 Å². The lowest BCUT2D eigenvalue weighted by molar-refractivity contribution is 0.0939. The molecule has 0 radical (unpaired) electrons. The first-order chi connectivity index (χ1) is 12.2. The van der Waals surface area contributed by atoms with Crippen LogP contribution in [-0.2, 0) is 0 Å². The minimum absolute atomic E-state index is 0.168. The highest BCUT2D eigenvalue weighted by atomic mass is 16.1. The average molecular weight is 332 g/mol. The quantitative estimate of drug-likeness (QED) is 0.601. The highest BCUT2D eigenvalue weighted by Crippen LogP contribution is 2.15. The lowest BCUT2D eigenvalue weighted by atomic mass is 10.1. The topological polar surface area (TPSA) is 88.5 Å². The van der Waals surface area contributed by atoms with Crippen molar-refractivity contribution >= 4 is 16.9 Å². The molecule has 124 valence electrons. The molecule has 0 saturated heterocycles. The van der Waals surface area contributed by atoms with Gasteiger partial charge in [0.1, 0.15) is 5.69 Å². The number of nitrogens with one attached hydrogen (secondary N) is 2. The van der Waals surface area contributed by atoms with Gasteiger partial charge in [-0.2, -0.15) is 0 Å². The second kappa shape index (κ2) is 6.20. The van der Waals surface area contributed by atoms with Gasteiger partial charge >= 0.3 is 0 Å². The highest BCUT2D eigenvalue weighted by molar-refractivity contribution is 5.97. The van der Waals surface area contributed by atoms with E-state index in [9.17, 15) is 4.79 Å². The number of aromatic amines is 1. The van der Waals surface area contributed by atoms with Crippen LogP contribution in [0.5, 0.6) is 0 Å². The third-order valence-corrected chi connectivity index (χ3v) is 4.01. The fraction of sp³-hybridized carbons (Fsp3) is 0.111. The van der Waals surface area contributed by atoms with Crippen LogP contribution in [0.2, 0.25) is 0 Å². The molecule has 0 aliphatic carbocycles. The fourth-order valence-corrected chi connectivity index (χ4v) is 2.61. The molecule has 0 unspecified atom stereocenters. The zero-order valence-corrected chi connectivity index (χ0v) is 13.5. The Balaban J connectivity index is 1.50. The summed E-state index contributed by atoms with van der Waals surface area (Å²) in [7, 11) is 0. The van der Waals surface area contributed by atoms with E-state index in [1.807, 2.05) is 49.5 Å². The van der Waals surface area contributed by atoms with Crippen LogP contribution in [0, 0.1) is 0 Å². The van der Waals surface area contributed by atoms with Gasteiger partial charge in [0.25, 0.3) is 5.91 Å². The van der Waals surface area contributed by atoms with Gasteiger partial charge in [-0.25, -0.2) is 9.67 Å². The van der Waals surface area contributed by atoms with Crippen molar-refractivity contribution < 1.29 is 4.79 Å². The lowest BCUT2D eigenvalue weighted by Gasteiger charge is -2.11. The molecule has 0 spiro atoms. The number of rotatable bonds is 4. The monoisotopic (exact) mass is 332 g/mol. The second-order valence-electron chi connectivity index (χ2n) is 5.75. The minimum Gasteiger partial charge on any atom is -0.345 e. The molecule has 7 nitrogen and oxygen atoms in total. The van der Waals surface area contributed by atoms with Crippen molar-refractivity contribution in [2.75, 3.05) is 0 Å². The average Bonchev–Trinajstić information content (AvgIpc) is 3.31. The minimum atomic E-state index is -0.262. The smallest absolute Gasteiger partial charge is 0.251 e. The summed E-state index contributed by atoms with van der Waals surface area (Å²) in [4.78, 5) is 19.6. The molecule has 7 heteroatoms. The Morgan fingerprint density at radius 3 is 2.88 bits per heavy atom. The van der Waals surface area contributed by atoms with Crippen LogP contribution in [0.4, 0.5) is 0 Å². The number of para-hydroxylation sites is 1. The fourth-order valence-electron chi connectivity index (χ4n) is 2.61. The van der Waals surface area contributed by atoms with Crippen molar-refractivity contribution in [1.29, 1.82) is 0 Å². The van der Waals surface area contributed by atoms with Crippen molar-refractivity contribution in [3.05, 3.63) is 72.3 Å². The van der Waals surface area contributed by atoms with Gasteiger partial charge in [-0.05, 0) is 37.3 Å². The van der Waals surface area contributed by atoms with Gasteiger partial charge in [0.15, 0.2) is 0 Å². The summed E-state index contributed by atoms with van der Waals surface area (Å²) < 4.78 is 1.69. The van der Waals surface area contributed by atoms with Crippen LogP contribution in [-0.4, -0.2) is 30.9 Å². The molecule has 2 aromatic heterocycles. The Kier molecular flexibility index (Phi) is 3.74. The predicted octanol–water partition coefficient (Wildman–Crippen LogP) is 2.63. The van der Waals surface area contributed by atoms with Gasteiger partial charge in [0.2, 0.25) is 0 Å². The molecule has 2 heterocycles. The van der Waals surface area contributed by atoms with Gasteiger partial charge in [-0.3, -0.25) is 4.79 Å². The summed E-state index contributed by atoms with van der Waals surface area (Å²) in [5.41, 5.74) is 3.84. The van der Waals surface area contributed by atoms with Gasteiger partial charge in [-0.15, -0.1) is 5.10 Å². The number of aromatic nitrogens is 5. The number of imidazole rings is 1. The van der Waals surface area contributed by atoms with Crippen molar-refractivity contribution in [3.8, 4) is 5.69 Å². The van der Waals surface area contributed by atoms with E-state index in [0.29, 0.717) is 11.3 Å². The van der Waals surface area contributed by atoms with E-state index in [-0.39, 0.29) is 11.9 Å². The van der Waals surface area contributed by atoms with Crippen LogP contribution in [0.3, 0.4) is 0 Å². The van der Waals surface area contributed by atoms with Gasteiger partial charge < -0.3 is 10.3 Å². The normalized spacial score (nSPS) is 12.2. The van der Waals surface area contributed by atoms with Crippen molar-refractivity contribution in [2.24, 2.45) is 0 Å². The molecule has 4 aromatic rings. The maximum Gasteiger partial charge on any atom is 0.251 e. The molecule has 25 heavy (non-hydrogen) atoms. The maximum absolute atomic E-state index is 12.5. The van der Waals surface area contributed by atoms with E-state index in [1.54, 1.807) is 23.1 Å². The molecule has 4 rings (SSSR count). The summed E-state index contributed by atoms with van der Waals surface area (Å²) >= 11 is 0. The first-order valence-electron chi connectivity index (χ1n) is 7.92. The Morgan fingerprint density at radius 2 is 2.04 bits per heavy atom. The van der Waals surface area contributed by atoms with Crippen LogP contribution in [0.1, 0.15) is 29.0 Å². The molecule has 2 aromatic carbocycles. The summed E-state index contributed by atoms with van der Waals surface area (Å²) in [5, 5.41) is 11.2. The van der Waals surface area contributed by atoms with Crippen molar-refractivity contribution in [2.45, 2.75) is 13.0 Å². The number of nitrogens with zero attached hydrogens (tertiary/aromatic N) is 4. The number of amides is 1. The Morgan fingerprint density at radius 1 is 1.20 bits per heavy atom. The largest absolute Gasteiger partial charge is 0.345 e. The standard InChI is InChI=1S/C18H16N6O/c1-12(17-10-24(23-22-17)14-5-3-2-4-6-14)21-18(25)13-7-8-15-16(9-13)20-11-19-15/h2-12H,1H3,(H,19,20)(H,21,25)/t12-/m0/s1. The third kappa shape index (κ3) is 2.99. The molecular weight excluding hydrogens is 316 g/mol. The Hall–Kier alpha value is -3.48. The summed E-state index contributed by atoms with van der Waals surface area (Å²) in [6, 6.07) is 14.8. The summed E-state index contributed by atoms with van der Waals surface area (Å²) in [6.45, 7) is 1.88. The molecule has 0 saturated carbocycles. The number of fused-ring (bicyclic) bond motifs is 1.